The number of aryl methyl sites for hydroxylation is 1. The van der Waals surface area contributed by atoms with E-state index in [0.717, 1.165) is 22.3 Å². The van der Waals surface area contributed by atoms with E-state index < -0.39 is 23.4 Å². The lowest BCUT2D eigenvalue weighted by Crippen LogP contribution is -2.60. The Balaban J connectivity index is 1.71. The minimum Gasteiger partial charge on any atom is -0.479 e. The summed E-state index contributed by atoms with van der Waals surface area (Å²) in [4.78, 5) is 37.8. The number of thioether (sulfide) groups is 1. The van der Waals surface area contributed by atoms with Crippen LogP contribution in [0.3, 0.4) is 0 Å². The number of aromatic nitrogens is 4. The van der Waals surface area contributed by atoms with Crippen LogP contribution in [0.2, 0.25) is 0 Å². The van der Waals surface area contributed by atoms with Gasteiger partial charge in [0.15, 0.2) is 5.82 Å². The molecule has 206 valence electrons. The zero-order chi connectivity index (χ0) is 28.7. The SMILES string of the molecule is CSCCC(NC(=O)c1ccc(Cc2nnnn2Cc2ccccc2)cc1-c1ccccc1C)(C(=O)O)C(=O)O. The second-order valence-corrected chi connectivity index (χ2v) is 10.3. The second-order valence-electron chi connectivity index (χ2n) is 9.32. The van der Waals surface area contributed by atoms with Crippen molar-refractivity contribution in [3.8, 4) is 11.1 Å². The number of benzene rings is 3. The first-order valence-corrected chi connectivity index (χ1v) is 13.9. The Morgan fingerprint density at radius 1 is 0.925 bits per heavy atom. The molecule has 0 saturated carbocycles. The van der Waals surface area contributed by atoms with Crippen molar-refractivity contribution in [1.82, 2.24) is 25.5 Å². The fourth-order valence-electron chi connectivity index (χ4n) is 4.40. The van der Waals surface area contributed by atoms with Crippen LogP contribution in [0.5, 0.6) is 0 Å². The summed E-state index contributed by atoms with van der Waals surface area (Å²) in [6, 6.07) is 22.5. The molecule has 11 heteroatoms. The molecule has 40 heavy (non-hydrogen) atoms. The van der Waals surface area contributed by atoms with Crippen molar-refractivity contribution < 1.29 is 24.6 Å². The lowest BCUT2D eigenvalue weighted by Gasteiger charge is -2.26. The van der Waals surface area contributed by atoms with Crippen molar-refractivity contribution in [2.75, 3.05) is 12.0 Å². The first kappa shape index (κ1) is 28.5. The Morgan fingerprint density at radius 2 is 1.62 bits per heavy atom. The maximum absolute atomic E-state index is 13.5. The van der Waals surface area contributed by atoms with E-state index in [1.807, 2.05) is 67.6 Å². The molecule has 0 aliphatic rings. The quantitative estimate of drug-likeness (QED) is 0.221. The molecule has 3 N–H and O–H groups in total. The van der Waals surface area contributed by atoms with E-state index in [1.54, 1.807) is 23.1 Å². The number of nitrogens with zero attached hydrogens (tertiary/aromatic N) is 4. The molecule has 4 rings (SSSR count). The fourth-order valence-corrected chi connectivity index (χ4v) is 4.91. The van der Waals surface area contributed by atoms with Gasteiger partial charge in [0.2, 0.25) is 5.54 Å². The second kappa shape index (κ2) is 12.6. The minimum absolute atomic E-state index is 0.165. The first-order valence-electron chi connectivity index (χ1n) is 12.5. The van der Waals surface area contributed by atoms with E-state index >= 15 is 0 Å². The standard InChI is InChI=1S/C29H29N5O5S/c1-19-8-6-7-11-22(19)24-16-21(17-25-31-32-33-34(25)18-20-9-4-3-5-10-20)12-13-23(24)26(35)30-29(27(36)37,28(38)39)14-15-40-2/h3-13,16H,14-15,17-18H2,1-2H3,(H,30,35)(H,36,37)(H,38,39). The first-order chi connectivity index (χ1) is 19.2. The van der Waals surface area contributed by atoms with Crippen molar-refractivity contribution >= 4 is 29.6 Å². The normalized spacial score (nSPS) is 11.2. The Labute approximate surface area is 235 Å². The maximum Gasteiger partial charge on any atom is 0.341 e. The number of carbonyl (C=O) groups is 3. The number of carbonyl (C=O) groups excluding carboxylic acids is 1. The van der Waals surface area contributed by atoms with Gasteiger partial charge in [-0.2, -0.15) is 11.8 Å². The van der Waals surface area contributed by atoms with E-state index in [4.69, 9.17) is 0 Å². The fraction of sp³-hybridized carbons (Fsp3) is 0.241. The van der Waals surface area contributed by atoms with Crippen LogP contribution in [-0.4, -0.2) is 65.8 Å². The largest absolute Gasteiger partial charge is 0.479 e. The molecule has 0 aliphatic heterocycles. The number of carboxylic acid groups (broad SMARTS) is 2. The summed E-state index contributed by atoms with van der Waals surface area (Å²) in [5.74, 6) is -3.17. The van der Waals surface area contributed by atoms with Gasteiger partial charge in [0.1, 0.15) is 0 Å². The average Bonchev–Trinajstić information content (AvgIpc) is 3.37. The van der Waals surface area contributed by atoms with Gasteiger partial charge in [0, 0.05) is 18.4 Å². The number of amides is 1. The Bertz CT molecular complexity index is 1510. The molecule has 0 radical (unpaired) electrons. The molecule has 3 aromatic carbocycles. The highest BCUT2D eigenvalue weighted by Gasteiger charge is 2.48. The van der Waals surface area contributed by atoms with Crippen LogP contribution in [0.1, 0.15) is 39.3 Å². The van der Waals surface area contributed by atoms with Gasteiger partial charge in [-0.3, -0.25) is 4.79 Å². The molecule has 0 atom stereocenters. The molecule has 10 nitrogen and oxygen atoms in total. The molecule has 1 amide bonds. The number of rotatable bonds is 12. The minimum atomic E-state index is -2.46. The molecule has 0 bridgehead atoms. The van der Waals surface area contributed by atoms with Gasteiger partial charge in [-0.1, -0.05) is 60.7 Å². The zero-order valence-electron chi connectivity index (χ0n) is 22.1. The molecule has 0 saturated heterocycles. The predicted octanol–water partition coefficient (Wildman–Crippen LogP) is 3.68. The van der Waals surface area contributed by atoms with Crippen LogP contribution in [0.15, 0.2) is 72.8 Å². The topological polar surface area (TPSA) is 147 Å². The highest BCUT2D eigenvalue weighted by Crippen LogP contribution is 2.30. The van der Waals surface area contributed by atoms with E-state index in [1.165, 1.54) is 11.8 Å². The number of tetrazole rings is 1. The summed E-state index contributed by atoms with van der Waals surface area (Å²) in [7, 11) is 0. The van der Waals surface area contributed by atoms with Gasteiger partial charge in [-0.15, -0.1) is 5.10 Å². The molecule has 4 aromatic rings. The summed E-state index contributed by atoms with van der Waals surface area (Å²) in [5.41, 5.74) is 1.78. The van der Waals surface area contributed by atoms with Crippen molar-refractivity contribution in [1.29, 1.82) is 0 Å². The molecule has 0 spiro atoms. The summed E-state index contributed by atoms with van der Waals surface area (Å²) in [5, 5.41) is 34.2. The van der Waals surface area contributed by atoms with Gasteiger partial charge >= 0.3 is 11.9 Å². The maximum atomic E-state index is 13.5. The van der Waals surface area contributed by atoms with Crippen molar-refractivity contribution in [2.45, 2.75) is 31.8 Å². The Kier molecular flexibility index (Phi) is 8.95. The Hall–Kier alpha value is -4.51. The number of hydrogen-bond donors (Lipinski definition) is 3. The lowest BCUT2D eigenvalue weighted by molar-refractivity contribution is -0.158. The third kappa shape index (κ3) is 6.20. The average molecular weight is 560 g/mol. The van der Waals surface area contributed by atoms with Gasteiger partial charge in [0.25, 0.3) is 5.91 Å². The molecule has 0 fully saturated rings. The third-order valence-corrected chi connectivity index (χ3v) is 7.26. The van der Waals surface area contributed by atoms with E-state index in [-0.39, 0.29) is 17.7 Å². The van der Waals surface area contributed by atoms with E-state index in [9.17, 15) is 24.6 Å². The Morgan fingerprint density at radius 3 is 2.30 bits per heavy atom. The van der Waals surface area contributed by atoms with Gasteiger partial charge in [-0.05, 0) is 69.3 Å². The number of carboxylic acids is 2. The monoisotopic (exact) mass is 559 g/mol. The lowest BCUT2D eigenvalue weighted by atomic mass is 9.91. The van der Waals surface area contributed by atoms with Crippen molar-refractivity contribution in [3.05, 3.63) is 101 Å². The van der Waals surface area contributed by atoms with Crippen molar-refractivity contribution in [3.63, 3.8) is 0 Å². The number of nitrogens with one attached hydrogen (secondary N) is 1. The highest BCUT2D eigenvalue weighted by molar-refractivity contribution is 7.98. The zero-order valence-corrected chi connectivity index (χ0v) is 22.9. The van der Waals surface area contributed by atoms with Crippen LogP contribution in [0.25, 0.3) is 11.1 Å². The van der Waals surface area contributed by atoms with Gasteiger partial charge < -0.3 is 15.5 Å². The van der Waals surface area contributed by atoms with Gasteiger partial charge in [-0.25, -0.2) is 14.3 Å². The smallest absolute Gasteiger partial charge is 0.341 e. The summed E-state index contributed by atoms with van der Waals surface area (Å²) in [6.45, 7) is 2.40. The molecule has 1 aromatic heterocycles. The molecule has 0 aliphatic carbocycles. The van der Waals surface area contributed by atoms with E-state index in [2.05, 4.69) is 20.8 Å². The van der Waals surface area contributed by atoms with Crippen LogP contribution in [-0.2, 0) is 22.6 Å². The summed E-state index contributed by atoms with van der Waals surface area (Å²) >= 11 is 1.30. The number of aliphatic carboxylic acids is 2. The summed E-state index contributed by atoms with van der Waals surface area (Å²) < 4.78 is 1.71. The van der Waals surface area contributed by atoms with Gasteiger partial charge in [0.05, 0.1) is 6.54 Å². The predicted molar refractivity (Wildman–Crippen MR) is 151 cm³/mol. The molecule has 1 heterocycles. The van der Waals surface area contributed by atoms with E-state index in [0.29, 0.717) is 24.4 Å². The van der Waals surface area contributed by atoms with Crippen molar-refractivity contribution in [2.24, 2.45) is 0 Å². The third-order valence-electron chi connectivity index (χ3n) is 6.65. The molecule has 0 unspecified atom stereocenters. The molecular formula is C29H29N5O5S. The van der Waals surface area contributed by atoms with Crippen LogP contribution in [0.4, 0.5) is 0 Å². The van der Waals surface area contributed by atoms with Crippen LogP contribution >= 0.6 is 11.8 Å². The number of hydrogen-bond acceptors (Lipinski definition) is 7. The van der Waals surface area contributed by atoms with Crippen LogP contribution in [0, 0.1) is 6.92 Å². The van der Waals surface area contributed by atoms with Crippen LogP contribution < -0.4 is 5.32 Å². The highest BCUT2D eigenvalue weighted by atomic mass is 32.2. The molecular weight excluding hydrogens is 530 g/mol. The summed E-state index contributed by atoms with van der Waals surface area (Å²) in [6.07, 6.45) is 1.84.